The quantitative estimate of drug-likeness (QED) is 0.713. The third-order valence-electron chi connectivity index (χ3n) is 1.86. The summed E-state index contributed by atoms with van der Waals surface area (Å²) in [6.07, 6.45) is 0.0863. The molecule has 1 rings (SSSR count). The Balaban J connectivity index is 2.82. The van der Waals surface area contributed by atoms with Gasteiger partial charge in [-0.15, -0.1) is 11.6 Å². The second-order valence-electron chi connectivity index (χ2n) is 3.02. The molecule has 0 amide bonds. The lowest BCUT2D eigenvalue weighted by atomic mass is 10.1. The van der Waals surface area contributed by atoms with Crippen molar-refractivity contribution in [1.29, 1.82) is 0 Å². The van der Waals surface area contributed by atoms with Crippen LogP contribution >= 0.6 is 11.6 Å². The first-order valence-electron chi connectivity index (χ1n) is 4.09. The number of benzene rings is 1. The molecule has 0 aliphatic heterocycles. The molecule has 1 atom stereocenters. The number of rotatable bonds is 3. The highest BCUT2D eigenvalue weighted by atomic mass is 35.5. The number of halogens is 3. The predicted octanol–water partition coefficient (Wildman–Crippen LogP) is 2.70. The van der Waals surface area contributed by atoms with Crippen molar-refractivity contribution in [3.8, 4) is 0 Å². The topological polar surface area (TPSA) is 17.1 Å². The zero-order valence-corrected chi connectivity index (χ0v) is 8.31. The first kappa shape index (κ1) is 11.1. The second-order valence-corrected chi connectivity index (χ2v) is 3.54. The van der Waals surface area contributed by atoms with Gasteiger partial charge in [0.1, 0.15) is 17.4 Å². The van der Waals surface area contributed by atoms with Crippen molar-refractivity contribution in [2.45, 2.75) is 18.7 Å². The van der Waals surface area contributed by atoms with E-state index in [1.165, 1.54) is 13.0 Å². The number of alkyl halides is 1. The molecular weight excluding hydrogens is 210 g/mol. The van der Waals surface area contributed by atoms with Gasteiger partial charge in [-0.1, -0.05) is 6.07 Å². The van der Waals surface area contributed by atoms with E-state index in [0.29, 0.717) is 0 Å². The zero-order valence-electron chi connectivity index (χ0n) is 7.56. The molecule has 0 radical (unpaired) electrons. The molecule has 4 heteroatoms. The van der Waals surface area contributed by atoms with Crippen LogP contribution in [0.5, 0.6) is 0 Å². The van der Waals surface area contributed by atoms with Crippen LogP contribution in [0.15, 0.2) is 18.2 Å². The van der Waals surface area contributed by atoms with Crippen LogP contribution in [0.4, 0.5) is 8.78 Å². The van der Waals surface area contributed by atoms with Gasteiger partial charge in [0.2, 0.25) is 0 Å². The smallest absolute Gasteiger partial charge is 0.147 e. The molecule has 1 aromatic rings. The molecule has 0 spiro atoms. The number of hydrogen-bond donors (Lipinski definition) is 0. The van der Waals surface area contributed by atoms with Crippen LogP contribution in [0.2, 0.25) is 0 Å². The molecule has 0 saturated heterocycles. The molecule has 0 heterocycles. The van der Waals surface area contributed by atoms with E-state index in [4.69, 9.17) is 11.6 Å². The molecule has 1 unspecified atom stereocenters. The molecule has 0 N–H and O–H groups in total. The monoisotopic (exact) mass is 218 g/mol. The third-order valence-corrected chi connectivity index (χ3v) is 2.32. The summed E-state index contributed by atoms with van der Waals surface area (Å²) >= 11 is 5.65. The zero-order chi connectivity index (χ0) is 10.7. The van der Waals surface area contributed by atoms with Crippen LogP contribution in [0, 0.1) is 11.6 Å². The van der Waals surface area contributed by atoms with E-state index in [1.807, 2.05) is 0 Å². The number of hydrogen-bond acceptors (Lipinski definition) is 1. The predicted molar refractivity (Wildman–Crippen MR) is 50.4 cm³/mol. The van der Waals surface area contributed by atoms with Gasteiger partial charge >= 0.3 is 0 Å². The van der Waals surface area contributed by atoms with Gasteiger partial charge in [0.05, 0.1) is 5.38 Å². The molecule has 0 aliphatic rings. The van der Waals surface area contributed by atoms with Crippen molar-refractivity contribution in [3.05, 3.63) is 35.4 Å². The van der Waals surface area contributed by atoms with E-state index in [1.54, 1.807) is 0 Å². The van der Waals surface area contributed by atoms with E-state index in [0.717, 1.165) is 12.1 Å². The van der Waals surface area contributed by atoms with Crippen molar-refractivity contribution in [2.75, 3.05) is 0 Å². The summed E-state index contributed by atoms with van der Waals surface area (Å²) in [5, 5.41) is -0.755. The Kier molecular flexibility index (Phi) is 3.58. The van der Waals surface area contributed by atoms with Crippen LogP contribution in [-0.2, 0) is 11.2 Å². The molecule has 0 saturated carbocycles. The highest BCUT2D eigenvalue weighted by molar-refractivity contribution is 6.30. The first-order valence-corrected chi connectivity index (χ1v) is 4.53. The van der Waals surface area contributed by atoms with E-state index in [9.17, 15) is 13.6 Å². The van der Waals surface area contributed by atoms with Crippen LogP contribution in [0.1, 0.15) is 12.5 Å². The van der Waals surface area contributed by atoms with E-state index in [2.05, 4.69) is 0 Å². The fraction of sp³-hybridized carbons (Fsp3) is 0.300. The SMILES string of the molecule is CC(=O)C(Cl)Cc1ccc(F)cc1F. The Morgan fingerprint density at radius 3 is 2.64 bits per heavy atom. The Bertz CT molecular complexity index is 352. The van der Waals surface area contributed by atoms with Crippen molar-refractivity contribution >= 4 is 17.4 Å². The van der Waals surface area contributed by atoms with Crippen molar-refractivity contribution in [1.82, 2.24) is 0 Å². The summed E-state index contributed by atoms with van der Waals surface area (Å²) in [4.78, 5) is 10.8. The summed E-state index contributed by atoms with van der Waals surface area (Å²) in [5.41, 5.74) is 0.251. The van der Waals surface area contributed by atoms with Crippen LogP contribution in [-0.4, -0.2) is 11.2 Å². The summed E-state index contributed by atoms with van der Waals surface area (Å²) in [6, 6.07) is 3.21. The maximum absolute atomic E-state index is 13.1. The Hall–Kier alpha value is -0.960. The molecule has 0 fully saturated rings. The van der Waals surface area contributed by atoms with Gasteiger partial charge in [0.15, 0.2) is 0 Å². The van der Waals surface area contributed by atoms with Gasteiger partial charge in [0, 0.05) is 6.07 Å². The number of ketones is 1. The Morgan fingerprint density at radius 2 is 2.14 bits per heavy atom. The molecule has 1 nitrogen and oxygen atoms in total. The lowest BCUT2D eigenvalue weighted by molar-refractivity contribution is -0.116. The van der Waals surface area contributed by atoms with Crippen LogP contribution in [0.25, 0.3) is 0 Å². The Morgan fingerprint density at radius 1 is 1.50 bits per heavy atom. The molecular formula is C10H9ClF2O. The largest absolute Gasteiger partial charge is 0.298 e. The maximum atomic E-state index is 13.1. The fourth-order valence-corrected chi connectivity index (χ4v) is 1.19. The minimum Gasteiger partial charge on any atom is -0.298 e. The summed E-state index contributed by atoms with van der Waals surface area (Å²) in [7, 11) is 0. The molecule has 0 aromatic heterocycles. The second kappa shape index (κ2) is 4.51. The molecule has 0 aliphatic carbocycles. The average molecular weight is 219 g/mol. The fourth-order valence-electron chi connectivity index (χ4n) is 1.02. The lowest BCUT2D eigenvalue weighted by Crippen LogP contribution is -2.14. The van der Waals surface area contributed by atoms with Crippen molar-refractivity contribution < 1.29 is 13.6 Å². The highest BCUT2D eigenvalue weighted by Crippen LogP contribution is 2.14. The van der Waals surface area contributed by atoms with E-state index < -0.39 is 17.0 Å². The number of Topliss-reactive ketones (excluding diaryl/α,β-unsaturated/α-hetero) is 1. The normalized spacial score (nSPS) is 12.6. The molecule has 0 bridgehead atoms. The van der Waals surface area contributed by atoms with Gasteiger partial charge in [-0.25, -0.2) is 8.78 Å². The van der Waals surface area contributed by atoms with Crippen LogP contribution in [0.3, 0.4) is 0 Å². The Labute approximate surface area is 85.7 Å². The number of carbonyl (C=O) groups is 1. The van der Waals surface area contributed by atoms with Gasteiger partial charge in [-0.2, -0.15) is 0 Å². The molecule has 1 aromatic carbocycles. The van der Waals surface area contributed by atoms with Gasteiger partial charge in [-0.3, -0.25) is 4.79 Å². The highest BCUT2D eigenvalue weighted by Gasteiger charge is 2.13. The summed E-state index contributed by atoms with van der Waals surface area (Å²) in [6.45, 7) is 1.33. The van der Waals surface area contributed by atoms with E-state index in [-0.39, 0.29) is 17.8 Å². The third kappa shape index (κ3) is 2.77. The maximum Gasteiger partial charge on any atom is 0.147 e. The van der Waals surface area contributed by atoms with Gasteiger partial charge in [-0.05, 0) is 25.0 Å². The van der Waals surface area contributed by atoms with Crippen molar-refractivity contribution in [3.63, 3.8) is 0 Å². The van der Waals surface area contributed by atoms with Gasteiger partial charge < -0.3 is 0 Å². The molecule has 14 heavy (non-hydrogen) atoms. The minimum atomic E-state index is -0.755. The first-order chi connectivity index (χ1) is 6.50. The van der Waals surface area contributed by atoms with Crippen molar-refractivity contribution in [2.24, 2.45) is 0 Å². The number of carbonyl (C=O) groups excluding carboxylic acids is 1. The standard InChI is InChI=1S/C10H9ClF2O/c1-6(14)9(11)4-7-2-3-8(12)5-10(7)13/h2-3,5,9H,4H2,1H3. The molecule has 76 valence electrons. The van der Waals surface area contributed by atoms with Gasteiger partial charge in [0.25, 0.3) is 0 Å². The summed E-state index contributed by atoms with van der Waals surface area (Å²) in [5.74, 6) is -1.53. The van der Waals surface area contributed by atoms with Crippen LogP contribution < -0.4 is 0 Å². The minimum absolute atomic E-state index is 0.0863. The summed E-state index contributed by atoms with van der Waals surface area (Å²) < 4.78 is 25.6. The average Bonchev–Trinajstić information content (AvgIpc) is 2.09. The van der Waals surface area contributed by atoms with E-state index >= 15 is 0 Å². The lowest BCUT2D eigenvalue weighted by Gasteiger charge is -2.06.